The second-order valence-corrected chi connectivity index (χ2v) is 7.55. The van der Waals surface area contributed by atoms with Crippen molar-refractivity contribution in [3.8, 4) is 17.2 Å². The van der Waals surface area contributed by atoms with Crippen molar-refractivity contribution in [3.05, 3.63) is 70.4 Å². The summed E-state index contributed by atoms with van der Waals surface area (Å²) >= 11 is 6.97. The number of hydrogen-bond donors (Lipinski definition) is 1. The van der Waals surface area contributed by atoms with Crippen LogP contribution in [-0.4, -0.2) is 43.3 Å². The Kier molecular flexibility index (Phi) is 5.74. The van der Waals surface area contributed by atoms with Crippen LogP contribution >= 0.6 is 23.1 Å². The van der Waals surface area contributed by atoms with Gasteiger partial charge in [-0.1, -0.05) is 22.9 Å². The van der Waals surface area contributed by atoms with Gasteiger partial charge in [0.1, 0.15) is 0 Å². The minimum absolute atomic E-state index is 0.330. The van der Waals surface area contributed by atoms with Gasteiger partial charge >= 0.3 is 5.97 Å². The fraction of sp³-hybridized carbons (Fsp3) is 0.100. The van der Waals surface area contributed by atoms with Crippen molar-refractivity contribution in [1.82, 2.24) is 24.4 Å². The first kappa shape index (κ1) is 20.6. The van der Waals surface area contributed by atoms with Gasteiger partial charge in [0.15, 0.2) is 11.5 Å². The van der Waals surface area contributed by atoms with Crippen molar-refractivity contribution in [1.29, 1.82) is 0 Å². The Morgan fingerprint density at radius 1 is 1.13 bits per heavy atom. The van der Waals surface area contributed by atoms with Gasteiger partial charge in [0.05, 0.1) is 24.1 Å². The van der Waals surface area contributed by atoms with Crippen LogP contribution in [0.25, 0.3) is 17.2 Å². The lowest BCUT2D eigenvalue weighted by Gasteiger charge is -2.04. The average Bonchev–Trinajstić information content (AvgIpc) is 3.39. The molecule has 11 heteroatoms. The lowest BCUT2D eigenvalue weighted by molar-refractivity contribution is 0.0600. The number of aromatic nitrogens is 5. The number of carbonyl (C=O) groups excluding carboxylic acids is 2. The molecule has 0 unspecified atom stereocenters. The molecule has 4 rings (SSSR count). The van der Waals surface area contributed by atoms with Gasteiger partial charge in [-0.3, -0.25) is 10.1 Å². The largest absolute Gasteiger partial charge is 0.465 e. The van der Waals surface area contributed by atoms with Crippen LogP contribution in [0, 0.1) is 6.92 Å². The number of anilines is 1. The third kappa shape index (κ3) is 4.30. The third-order valence-electron chi connectivity index (χ3n) is 4.37. The summed E-state index contributed by atoms with van der Waals surface area (Å²) in [6.07, 6.45) is 0. The van der Waals surface area contributed by atoms with E-state index in [4.69, 9.17) is 16.3 Å². The maximum Gasteiger partial charge on any atom is 0.337 e. The molecule has 1 N–H and O–H groups in total. The smallest absolute Gasteiger partial charge is 0.337 e. The number of hydrogen-bond acceptors (Lipinski definition) is 8. The highest BCUT2D eigenvalue weighted by atomic mass is 35.5. The summed E-state index contributed by atoms with van der Waals surface area (Å²) in [4.78, 5) is 28.3. The van der Waals surface area contributed by atoms with Gasteiger partial charge in [-0.15, -0.1) is 5.10 Å². The topological polar surface area (TPSA) is 112 Å². The zero-order chi connectivity index (χ0) is 22.0. The Bertz CT molecular complexity index is 1270. The summed E-state index contributed by atoms with van der Waals surface area (Å²) in [5, 5.41) is 11.8. The quantitative estimate of drug-likeness (QED) is 0.456. The van der Waals surface area contributed by atoms with Gasteiger partial charge in [0.25, 0.3) is 5.91 Å². The van der Waals surface area contributed by atoms with E-state index in [1.807, 2.05) is 6.92 Å². The van der Waals surface area contributed by atoms with Gasteiger partial charge in [-0.2, -0.15) is 9.36 Å². The second kappa shape index (κ2) is 8.62. The molecule has 31 heavy (non-hydrogen) atoms. The first-order valence-electron chi connectivity index (χ1n) is 8.98. The molecular weight excluding hydrogens is 440 g/mol. The molecule has 4 aromatic rings. The maximum absolute atomic E-state index is 12.4. The highest BCUT2D eigenvalue weighted by Gasteiger charge is 2.18. The van der Waals surface area contributed by atoms with Crippen LogP contribution < -0.4 is 5.32 Å². The minimum Gasteiger partial charge on any atom is -0.465 e. The van der Waals surface area contributed by atoms with Gasteiger partial charge in [-0.25, -0.2) is 9.48 Å². The number of ether oxygens (including phenoxy) is 1. The van der Waals surface area contributed by atoms with E-state index in [0.717, 1.165) is 11.5 Å². The number of nitrogens with zero attached hydrogens (tertiary/aromatic N) is 5. The molecule has 0 fully saturated rings. The molecule has 9 nitrogen and oxygen atoms in total. The Morgan fingerprint density at radius 3 is 2.61 bits per heavy atom. The SMILES string of the molecule is COC(=O)c1ccc(-n2nnc(-c3nsc(NC(=O)c4cccc(Cl)c4)n3)c2C)cc1. The molecule has 2 heterocycles. The number of benzene rings is 2. The molecule has 2 aromatic heterocycles. The van der Waals surface area contributed by atoms with E-state index in [2.05, 4.69) is 25.0 Å². The Balaban J connectivity index is 1.54. The molecule has 0 aliphatic carbocycles. The number of methoxy groups -OCH3 is 1. The van der Waals surface area contributed by atoms with E-state index < -0.39 is 5.97 Å². The predicted octanol–water partition coefficient (Wildman–Crippen LogP) is 3.79. The van der Waals surface area contributed by atoms with Gasteiger partial charge in [0, 0.05) is 22.1 Å². The lowest BCUT2D eigenvalue weighted by Crippen LogP contribution is -2.11. The average molecular weight is 455 g/mol. The Hall–Kier alpha value is -3.63. The summed E-state index contributed by atoms with van der Waals surface area (Å²) < 4.78 is 10.6. The molecule has 2 aromatic carbocycles. The van der Waals surface area contributed by atoms with Crippen molar-refractivity contribution < 1.29 is 14.3 Å². The van der Waals surface area contributed by atoms with Crippen molar-refractivity contribution in [3.63, 3.8) is 0 Å². The summed E-state index contributed by atoms with van der Waals surface area (Å²) in [5.41, 5.74) is 2.76. The number of amides is 1. The summed E-state index contributed by atoms with van der Waals surface area (Å²) in [5.74, 6) is -0.404. The van der Waals surface area contributed by atoms with Gasteiger partial charge in [-0.05, 0) is 49.4 Å². The molecule has 0 atom stereocenters. The first-order chi connectivity index (χ1) is 15.0. The summed E-state index contributed by atoms with van der Waals surface area (Å²) in [7, 11) is 1.33. The number of esters is 1. The normalized spacial score (nSPS) is 10.7. The van der Waals surface area contributed by atoms with Crippen LogP contribution in [0.15, 0.2) is 48.5 Å². The van der Waals surface area contributed by atoms with Crippen LogP contribution in [0.3, 0.4) is 0 Å². The van der Waals surface area contributed by atoms with Gasteiger partial charge < -0.3 is 4.74 Å². The molecule has 1 amide bonds. The molecule has 0 aliphatic heterocycles. The number of rotatable bonds is 5. The van der Waals surface area contributed by atoms with E-state index in [1.54, 1.807) is 53.2 Å². The van der Waals surface area contributed by atoms with Crippen LogP contribution in [0.2, 0.25) is 5.02 Å². The molecule has 0 radical (unpaired) electrons. The van der Waals surface area contributed by atoms with E-state index in [0.29, 0.717) is 44.2 Å². The van der Waals surface area contributed by atoms with E-state index >= 15 is 0 Å². The molecule has 0 bridgehead atoms. The van der Waals surface area contributed by atoms with Crippen LogP contribution in [0.4, 0.5) is 5.13 Å². The number of nitrogens with one attached hydrogen (secondary N) is 1. The number of halogens is 1. The minimum atomic E-state index is -0.415. The van der Waals surface area contributed by atoms with Crippen LogP contribution in [0.5, 0.6) is 0 Å². The van der Waals surface area contributed by atoms with Crippen molar-refractivity contribution in [2.75, 3.05) is 12.4 Å². The van der Waals surface area contributed by atoms with Gasteiger partial charge in [0.2, 0.25) is 5.13 Å². The zero-order valence-corrected chi connectivity index (χ0v) is 17.9. The fourth-order valence-corrected chi connectivity index (χ4v) is 3.56. The molecule has 0 saturated carbocycles. The molecule has 0 aliphatic rings. The predicted molar refractivity (Wildman–Crippen MR) is 116 cm³/mol. The molecular formula is C20H15ClN6O3S. The summed E-state index contributed by atoms with van der Waals surface area (Å²) in [6.45, 7) is 1.83. The number of carbonyl (C=O) groups is 2. The zero-order valence-electron chi connectivity index (χ0n) is 16.4. The highest BCUT2D eigenvalue weighted by molar-refractivity contribution is 7.10. The Labute approximate surface area is 185 Å². The molecule has 156 valence electrons. The summed E-state index contributed by atoms with van der Waals surface area (Å²) in [6, 6.07) is 13.4. The molecule has 0 spiro atoms. The van der Waals surface area contributed by atoms with E-state index in [1.165, 1.54) is 7.11 Å². The Morgan fingerprint density at radius 2 is 1.90 bits per heavy atom. The lowest BCUT2D eigenvalue weighted by atomic mass is 10.2. The second-order valence-electron chi connectivity index (χ2n) is 6.36. The third-order valence-corrected chi connectivity index (χ3v) is 5.24. The standard InChI is InChI=1S/C20H15ClN6O3S/c1-11-16(24-26-27(11)15-8-6-12(7-9-15)19(29)30-2)17-22-20(31-25-17)23-18(28)13-4-3-5-14(21)10-13/h3-10H,1-2H3,(H,22,23,25,28). The van der Waals surface area contributed by atoms with Crippen molar-refractivity contribution in [2.24, 2.45) is 0 Å². The van der Waals surface area contributed by atoms with E-state index in [-0.39, 0.29) is 5.91 Å². The van der Waals surface area contributed by atoms with Crippen molar-refractivity contribution >= 4 is 40.1 Å². The van der Waals surface area contributed by atoms with Crippen LogP contribution in [-0.2, 0) is 4.74 Å². The monoisotopic (exact) mass is 454 g/mol. The van der Waals surface area contributed by atoms with E-state index in [9.17, 15) is 9.59 Å². The fourth-order valence-electron chi connectivity index (χ4n) is 2.81. The molecule has 0 saturated heterocycles. The maximum atomic E-state index is 12.4. The first-order valence-corrected chi connectivity index (χ1v) is 10.1. The van der Waals surface area contributed by atoms with Crippen LogP contribution in [0.1, 0.15) is 26.4 Å². The van der Waals surface area contributed by atoms with Crippen molar-refractivity contribution in [2.45, 2.75) is 6.92 Å². The highest BCUT2D eigenvalue weighted by Crippen LogP contribution is 2.24.